The van der Waals surface area contributed by atoms with Crippen LogP contribution in [0.1, 0.15) is 37.5 Å². The van der Waals surface area contributed by atoms with Gasteiger partial charge in [0.1, 0.15) is 5.54 Å². The number of nitrogens with zero attached hydrogens (tertiary/aromatic N) is 3. The van der Waals surface area contributed by atoms with Gasteiger partial charge in [0.15, 0.2) is 0 Å². The van der Waals surface area contributed by atoms with Crippen molar-refractivity contribution in [2.45, 2.75) is 44.7 Å². The van der Waals surface area contributed by atoms with E-state index in [-0.39, 0.29) is 17.9 Å². The normalized spacial score (nSPS) is 30.3. The molecule has 1 aromatic rings. The molecule has 1 spiro atoms. The Morgan fingerprint density at radius 3 is 2.59 bits per heavy atom. The Balaban J connectivity index is 1.32. The highest BCUT2D eigenvalue weighted by Crippen LogP contribution is 2.38. The predicted molar refractivity (Wildman–Crippen MR) is 107 cm³/mol. The molecule has 3 heterocycles. The minimum absolute atomic E-state index is 0.0182. The smallest absolute Gasteiger partial charge is 0.323 e. The SMILES string of the molecule is C[C@H]1CCCC[C@]12NC(=O)N(CN1CCN(Cc3ccc(Cl)s3)CC1)C2=O. The highest BCUT2D eigenvalue weighted by Gasteiger charge is 2.55. The Bertz CT molecular complexity index is 718. The quantitative estimate of drug-likeness (QED) is 0.775. The number of carbonyl (C=O) groups is 2. The van der Waals surface area contributed by atoms with Gasteiger partial charge in [-0.05, 0) is 30.9 Å². The van der Waals surface area contributed by atoms with Gasteiger partial charge in [-0.3, -0.25) is 14.6 Å². The first-order valence-corrected chi connectivity index (χ1v) is 11.0. The summed E-state index contributed by atoms with van der Waals surface area (Å²) in [5, 5.41) is 3.04. The van der Waals surface area contributed by atoms with Crippen LogP contribution >= 0.6 is 22.9 Å². The molecule has 6 nitrogen and oxygen atoms in total. The topological polar surface area (TPSA) is 55.9 Å². The fourth-order valence-corrected chi connectivity index (χ4v) is 5.70. The van der Waals surface area contributed by atoms with Crippen molar-refractivity contribution in [2.24, 2.45) is 5.92 Å². The van der Waals surface area contributed by atoms with Crippen LogP contribution < -0.4 is 5.32 Å². The van der Waals surface area contributed by atoms with E-state index in [2.05, 4.69) is 28.1 Å². The van der Waals surface area contributed by atoms with E-state index in [1.807, 2.05) is 6.07 Å². The molecular weight excluding hydrogens is 384 g/mol. The van der Waals surface area contributed by atoms with Gasteiger partial charge >= 0.3 is 6.03 Å². The van der Waals surface area contributed by atoms with E-state index in [4.69, 9.17) is 11.6 Å². The summed E-state index contributed by atoms with van der Waals surface area (Å²) in [5.74, 6) is 0.192. The lowest BCUT2D eigenvalue weighted by molar-refractivity contribution is -0.136. The molecule has 1 aliphatic carbocycles. The van der Waals surface area contributed by atoms with Gasteiger partial charge in [0.05, 0.1) is 11.0 Å². The molecule has 148 valence electrons. The molecule has 0 aromatic carbocycles. The van der Waals surface area contributed by atoms with Gasteiger partial charge in [-0.15, -0.1) is 11.3 Å². The van der Waals surface area contributed by atoms with Crippen molar-refractivity contribution in [3.63, 3.8) is 0 Å². The number of amides is 3. The van der Waals surface area contributed by atoms with Crippen LogP contribution in [0.3, 0.4) is 0 Å². The van der Waals surface area contributed by atoms with Crippen molar-refractivity contribution in [2.75, 3.05) is 32.8 Å². The average Bonchev–Trinajstić information content (AvgIpc) is 3.16. The molecule has 3 aliphatic rings. The maximum atomic E-state index is 13.1. The molecule has 0 unspecified atom stereocenters. The Hall–Kier alpha value is -1.15. The number of hydrogen-bond acceptors (Lipinski definition) is 5. The first-order valence-electron chi connectivity index (χ1n) is 9.81. The molecule has 4 rings (SSSR count). The van der Waals surface area contributed by atoms with E-state index >= 15 is 0 Å². The van der Waals surface area contributed by atoms with Crippen LogP contribution in [0.15, 0.2) is 12.1 Å². The zero-order chi connectivity index (χ0) is 19.0. The van der Waals surface area contributed by atoms with E-state index < -0.39 is 5.54 Å². The van der Waals surface area contributed by atoms with Crippen LogP contribution in [0.5, 0.6) is 0 Å². The second-order valence-corrected chi connectivity index (χ2v) is 9.82. The van der Waals surface area contributed by atoms with Crippen LogP contribution in [0.25, 0.3) is 0 Å². The van der Waals surface area contributed by atoms with Crippen molar-refractivity contribution < 1.29 is 9.59 Å². The molecule has 3 fully saturated rings. The third kappa shape index (κ3) is 3.75. The van der Waals surface area contributed by atoms with E-state index in [9.17, 15) is 9.59 Å². The molecule has 8 heteroatoms. The Labute approximate surface area is 169 Å². The maximum absolute atomic E-state index is 13.1. The number of urea groups is 1. The molecule has 2 aliphatic heterocycles. The zero-order valence-electron chi connectivity index (χ0n) is 15.7. The zero-order valence-corrected chi connectivity index (χ0v) is 17.3. The van der Waals surface area contributed by atoms with Gasteiger partial charge in [0.2, 0.25) is 0 Å². The average molecular weight is 411 g/mol. The van der Waals surface area contributed by atoms with Gasteiger partial charge < -0.3 is 5.32 Å². The first-order chi connectivity index (χ1) is 13.0. The van der Waals surface area contributed by atoms with Crippen LogP contribution in [0.2, 0.25) is 4.34 Å². The van der Waals surface area contributed by atoms with Crippen molar-refractivity contribution in [3.05, 3.63) is 21.3 Å². The lowest BCUT2D eigenvalue weighted by atomic mass is 9.73. The summed E-state index contributed by atoms with van der Waals surface area (Å²) in [4.78, 5) is 32.9. The lowest BCUT2D eigenvalue weighted by Crippen LogP contribution is -2.55. The molecular formula is C19H27ClN4O2S. The molecule has 1 N–H and O–H groups in total. The van der Waals surface area contributed by atoms with Gasteiger partial charge in [0, 0.05) is 37.6 Å². The predicted octanol–water partition coefficient (Wildman–Crippen LogP) is 2.98. The summed E-state index contributed by atoms with van der Waals surface area (Å²) < 4.78 is 0.827. The minimum atomic E-state index is -0.657. The largest absolute Gasteiger partial charge is 0.326 e. The fraction of sp³-hybridized carbons (Fsp3) is 0.684. The van der Waals surface area contributed by atoms with Crippen molar-refractivity contribution in [1.29, 1.82) is 0 Å². The molecule has 0 radical (unpaired) electrons. The van der Waals surface area contributed by atoms with Crippen LogP contribution in [0.4, 0.5) is 4.79 Å². The Morgan fingerprint density at radius 1 is 1.19 bits per heavy atom. The van der Waals surface area contributed by atoms with E-state index in [0.717, 1.165) is 62.7 Å². The molecule has 1 saturated carbocycles. The molecule has 2 saturated heterocycles. The second-order valence-electron chi connectivity index (χ2n) is 8.02. The maximum Gasteiger partial charge on any atom is 0.326 e. The van der Waals surface area contributed by atoms with Crippen molar-refractivity contribution >= 4 is 34.9 Å². The van der Waals surface area contributed by atoms with Crippen LogP contribution in [-0.2, 0) is 11.3 Å². The number of hydrogen-bond donors (Lipinski definition) is 1. The van der Waals surface area contributed by atoms with E-state index in [0.29, 0.717) is 6.67 Å². The molecule has 27 heavy (non-hydrogen) atoms. The third-order valence-electron chi connectivity index (χ3n) is 6.32. The number of halogens is 1. The highest BCUT2D eigenvalue weighted by atomic mass is 35.5. The number of nitrogens with one attached hydrogen (secondary N) is 1. The summed E-state index contributed by atoms with van der Waals surface area (Å²) in [6, 6.07) is 3.80. The van der Waals surface area contributed by atoms with E-state index in [1.165, 1.54) is 9.78 Å². The molecule has 3 amide bonds. The number of thiophene rings is 1. The Kier molecular flexibility index (Phi) is 5.47. The summed E-state index contributed by atoms with van der Waals surface area (Å²) in [5.41, 5.74) is -0.657. The third-order valence-corrected chi connectivity index (χ3v) is 7.53. The van der Waals surface area contributed by atoms with Crippen LogP contribution in [-0.4, -0.2) is 65.0 Å². The van der Waals surface area contributed by atoms with E-state index in [1.54, 1.807) is 11.3 Å². The second kappa shape index (κ2) is 7.70. The van der Waals surface area contributed by atoms with Crippen molar-refractivity contribution in [3.8, 4) is 0 Å². The van der Waals surface area contributed by atoms with Gasteiger partial charge in [0.25, 0.3) is 5.91 Å². The van der Waals surface area contributed by atoms with Crippen LogP contribution in [0, 0.1) is 5.92 Å². The number of rotatable bonds is 4. The molecule has 2 atom stereocenters. The minimum Gasteiger partial charge on any atom is -0.323 e. The molecule has 1 aromatic heterocycles. The number of piperazine rings is 1. The molecule has 0 bridgehead atoms. The summed E-state index contributed by atoms with van der Waals surface area (Å²) in [6.07, 6.45) is 3.93. The number of imide groups is 1. The first kappa shape index (κ1) is 19.2. The summed E-state index contributed by atoms with van der Waals surface area (Å²) in [6.45, 7) is 6.99. The van der Waals surface area contributed by atoms with Crippen molar-refractivity contribution in [1.82, 2.24) is 20.0 Å². The Morgan fingerprint density at radius 2 is 1.93 bits per heavy atom. The summed E-state index contributed by atoms with van der Waals surface area (Å²) >= 11 is 7.64. The number of carbonyl (C=O) groups excluding carboxylic acids is 2. The summed E-state index contributed by atoms with van der Waals surface area (Å²) in [7, 11) is 0. The monoisotopic (exact) mass is 410 g/mol. The van der Waals surface area contributed by atoms with Gasteiger partial charge in [-0.25, -0.2) is 9.69 Å². The fourth-order valence-electron chi connectivity index (χ4n) is 4.57. The lowest BCUT2D eigenvalue weighted by Gasteiger charge is -2.38. The van der Waals surface area contributed by atoms with Gasteiger partial charge in [-0.2, -0.15) is 0 Å². The standard InChI is InChI=1S/C19H27ClN4O2S/c1-14-4-2-3-7-19(14)17(25)24(18(26)21-19)13-23-10-8-22(9-11-23)12-15-5-6-16(20)27-15/h5-6,14H,2-4,7-13H2,1H3,(H,21,26)/t14-,19-/m0/s1. The highest BCUT2D eigenvalue weighted by molar-refractivity contribution is 7.16. The van der Waals surface area contributed by atoms with Gasteiger partial charge in [-0.1, -0.05) is 31.4 Å².